The molecule has 0 atom stereocenters. The van der Waals surface area contributed by atoms with Crippen LogP contribution in [0.2, 0.25) is 5.02 Å². The molecule has 0 radical (unpaired) electrons. The monoisotopic (exact) mass is 162 g/mol. The van der Waals surface area contributed by atoms with Crippen LogP contribution in [0.4, 0.5) is 5.82 Å². The molecule has 0 unspecified atom stereocenters. The molecule has 0 aliphatic rings. The van der Waals surface area contributed by atoms with Gasteiger partial charge in [0.05, 0.1) is 5.02 Å². The number of nitrogen functional groups attached to an aromatic ring is 1. The van der Waals surface area contributed by atoms with Crippen molar-refractivity contribution in [2.75, 3.05) is 5.73 Å². The van der Waals surface area contributed by atoms with Crippen molar-refractivity contribution in [3.05, 3.63) is 9.90 Å². The van der Waals surface area contributed by atoms with Gasteiger partial charge >= 0.3 is 0 Å². The Hall–Kier alpha value is -0.280. The average Bonchev–Trinajstić information content (AvgIpc) is 2.15. The van der Waals surface area contributed by atoms with Crippen LogP contribution in [0.3, 0.4) is 0 Å². The van der Waals surface area contributed by atoms with Gasteiger partial charge in [-0.15, -0.1) is 0 Å². The lowest BCUT2D eigenvalue weighted by atomic mass is 10.4. The minimum Gasteiger partial charge on any atom is -0.382 e. The lowest BCUT2D eigenvalue weighted by molar-refractivity contribution is 1.19. The summed E-state index contributed by atoms with van der Waals surface area (Å²) >= 11 is 7.10. The van der Waals surface area contributed by atoms with Crippen LogP contribution in [0.5, 0.6) is 0 Å². The first-order valence-corrected chi connectivity index (χ1v) is 3.80. The molecule has 0 aliphatic carbocycles. The van der Waals surface area contributed by atoms with Gasteiger partial charge in [-0.1, -0.05) is 18.5 Å². The van der Waals surface area contributed by atoms with Crippen LogP contribution < -0.4 is 5.73 Å². The Morgan fingerprint density at radius 1 is 1.78 bits per heavy atom. The van der Waals surface area contributed by atoms with Gasteiger partial charge in [0.15, 0.2) is 5.82 Å². The van der Waals surface area contributed by atoms with Gasteiger partial charge in [-0.2, -0.15) is 4.37 Å². The van der Waals surface area contributed by atoms with E-state index in [9.17, 15) is 0 Å². The maximum Gasteiger partial charge on any atom is 0.156 e. The second-order valence-corrected chi connectivity index (χ2v) is 2.89. The van der Waals surface area contributed by atoms with Crippen molar-refractivity contribution in [3.8, 4) is 0 Å². The summed E-state index contributed by atoms with van der Waals surface area (Å²) in [6, 6.07) is 0. The Bertz CT molecular complexity index is 209. The van der Waals surface area contributed by atoms with E-state index in [1.54, 1.807) is 0 Å². The van der Waals surface area contributed by atoms with Crippen molar-refractivity contribution in [3.63, 3.8) is 0 Å². The summed E-state index contributed by atoms with van der Waals surface area (Å²) in [5.74, 6) is 0.457. The number of aromatic nitrogens is 1. The van der Waals surface area contributed by atoms with Gasteiger partial charge in [-0.25, -0.2) is 0 Å². The third-order valence-corrected chi connectivity index (χ3v) is 2.58. The van der Waals surface area contributed by atoms with Gasteiger partial charge in [-0.3, -0.25) is 0 Å². The van der Waals surface area contributed by atoms with Crippen molar-refractivity contribution < 1.29 is 0 Å². The molecule has 4 heteroatoms. The molecule has 9 heavy (non-hydrogen) atoms. The van der Waals surface area contributed by atoms with Crippen molar-refractivity contribution >= 4 is 29.0 Å². The molecule has 2 nitrogen and oxygen atoms in total. The molecule has 0 fully saturated rings. The summed E-state index contributed by atoms with van der Waals surface area (Å²) in [5, 5.41) is 0.627. The van der Waals surface area contributed by atoms with Crippen LogP contribution in [0.15, 0.2) is 0 Å². The van der Waals surface area contributed by atoms with Crippen LogP contribution in [0.1, 0.15) is 11.8 Å². The largest absolute Gasteiger partial charge is 0.382 e. The molecule has 0 bridgehead atoms. The summed E-state index contributed by atoms with van der Waals surface area (Å²) in [7, 11) is 0. The summed E-state index contributed by atoms with van der Waals surface area (Å²) in [6.45, 7) is 2.03. The fourth-order valence-electron chi connectivity index (χ4n) is 0.547. The number of nitrogens with zero attached hydrogens (tertiary/aromatic N) is 1. The lowest BCUT2D eigenvalue weighted by Gasteiger charge is -1.86. The first kappa shape index (κ1) is 6.83. The third-order valence-electron chi connectivity index (χ3n) is 1.04. The molecule has 1 rings (SSSR count). The zero-order chi connectivity index (χ0) is 6.85. The van der Waals surface area contributed by atoms with Gasteiger partial charge < -0.3 is 5.73 Å². The van der Waals surface area contributed by atoms with Crippen molar-refractivity contribution in [2.24, 2.45) is 0 Å². The Labute approximate surface area is 62.8 Å². The highest BCUT2D eigenvalue weighted by atomic mass is 35.5. The number of hydrogen-bond donors (Lipinski definition) is 1. The van der Waals surface area contributed by atoms with Crippen LogP contribution in [-0.2, 0) is 6.42 Å². The van der Waals surface area contributed by atoms with Gasteiger partial charge in [0.2, 0.25) is 0 Å². The summed E-state index contributed by atoms with van der Waals surface area (Å²) < 4.78 is 3.87. The minimum absolute atomic E-state index is 0.457. The number of nitrogens with two attached hydrogens (primary N) is 1. The normalized spacial score (nSPS) is 10.0. The Balaban J connectivity index is 3.04. The fourth-order valence-corrected chi connectivity index (χ4v) is 1.49. The Morgan fingerprint density at radius 3 is 2.67 bits per heavy atom. The van der Waals surface area contributed by atoms with Gasteiger partial charge in [0, 0.05) is 4.88 Å². The molecule has 1 heterocycles. The molecule has 0 aromatic carbocycles. The Morgan fingerprint density at radius 2 is 2.44 bits per heavy atom. The zero-order valence-electron chi connectivity index (χ0n) is 5.02. The number of halogens is 1. The zero-order valence-corrected chi connectivity index (χ0v) is 6.59. The van der Waals surface area contributed by atoms with E-state index in [4.69, 9.17) is 17.3 Å². The number of anilines is 1. The molecule has 0 spiro atoms. The van der Waals surface area contributed by atoms with Crippen molar-refractivity contribution in [1.29, 1.82) is 0 Å². The highest BCUT2D eigenvalue weighted by Gasteiger charge is 2.04. The van der Waals surface area contributed by atoms with Gasteiger partial charge in [-0.05, 0) is 18.0 Å². The van der Waals surface area contributed by atoms with E-state index >= 15 is 0 Å². The second kappa shape index (κ2) is 2.54. The first-order valence-electron chi connectivity index (χ1n) is 2.65. The number of rotatable bonds is 1. The molecule has 0 amide bonds. The van der Waals surface area contributed by atoms with Crippen LogP contribution in [0.25, 0.3) is 0 Å². The molecular formula is C5H7ClN2S. The van der Waals surface area contributed by atoms with E-state index in [-0.39, 0.29) is 0 Å². The standard InChI is InChI=1S/C5H7ClN2S/c1-2-3-4(6)5(7)8-9-3/h2H2,1H3,(H2,7,8). The quantitative estimate of drug-likeness (QED) is 0.686. The molecule has 2 N–H and O–H groups in total. The lowest BCUT2D eigenvalue weighted by Crippen LogP contribution is -1.83. The maximum atomic E-state index is 5.73. The third kappa shape index (κ3) is 1.17. The van der Waals surface area contributed by atoms with E-state index in [0.29, 0.717) is 10.8 Å². The predicted molar refractivity (Wildman–Crippen MR) is 40.9 cm³/mol. The molecule has 0 aliphatic heterocycles. The average molecular weight is 163 g/mol. The van der Waals surface area contributed by atoms with E-state index < -0.39 is 0 Å². The van der Waals surface area contributed by atoms with Crippen LogP contribution in [0, 0.1) is 0 Å². The van der Waals surface area contributed by atoms with Crippen molar-refractivity contribution in [2.45, 2.75) is 13.3 Å². The maximum absolute atomic E-state index is 5.73. The van der Waals surface area contributed by atoms with E-state index in [2.05, 4.69) is 4.37 Å². The second-order valence-electron chi connectivity index (χ2n) is 1.66. The number of hydrogen-bond acceptors (Lipinski definition) is 3. The molecule has 50 valence electrons. The van der Waals surface area contributed by atoms with Gasteiger partial charge in [0.25, 0.3) is 0 Å². The first-order chi connectivity index (χ1) is 4.25. The SMILES string of the molecule is CCc1snc(N)c1Cl. The summed E-state index contributed by atoms with van der Waals surface area (Å²) in [4.78, 5) is 1.06. The summed E-state index contributed by atoms with van der Waals surface area (Å²) in [5.41, 5.74) is 5.38. The van der Waals surface area contributed by atoms with E-state index in [1.807, 2.05) is 6.92 Å². The van der Waals surface area contributed by atoms with Crippen LogP contribution >= 0.6 is 23.1 Å². The van der Waals surface area contributed by atoms with Gasteiger partial charge in [0.1, 0.15) is 0 Å². The topological polar surface area (TPSA) is 38.9 Å². The smallest absolute Gasteiger partial charge is 0.156 e. The van der Waals surface area contributed by atoms with Crippen LogP contribution in [-0.4, -0.2) is 4.37 Å². The highest BCUT2D eigenvalue weighted by Crippen LogP contribution is 2.26. The minimum atomic E-state index is 0.457. The molecule has 1 aromatic rings. The number of aryl methyl sites for hydroxylation is 1. The van der Waals surface area contributed by atoms with Crippen molar-refractivity contribution in [1.82, 2.24) is 4.37 Å². The summed E-state index contributed by atoms with van der Waals surface area (Å²) in [6.07, 6.45) is 0.910. The Kier molecular flexibility index (Phi) is 1.93. The highest BCUT2D eigenvalue weighted by molar-refractivity contribution is 7.06. The molecular weight excluding hydrogens is 156 g/mol. The molecule has 0 saturated carbocycles. The van der Waals surface area contributed by atoms with E-state index in [1.165, 1.54) is 11.5 Å². The van der Waals surface area contributed by atoms with E-state index in [0.717, 1.165) is 11.3 Å². The molecule has 1 aromatic heterocycles. The predicted octanol–water partition coefficient (Wildman–Crippen LogP) is 1.94. The fraction of sp³-hybridized carbons (Fsp3) is 0.400. The molecule has 0 saturated heterocycles.